The van der Waals surface area contributed by atoms with Gasteiger partial charge in [-0.3, -0.25) is 9.97 Å². The average molecular weight is 336 g/mol. The predicted molar refractivity (Wildman–Crippen MR) is 110 cm³/mol. The van der Waals surface area contributed by atoms with Gasteiger partial charge >= 0.3 is 0 Å². The van der Waals surface area contributed by atoms with E-state index in [0.717, 1.165) is 11.0 Å². The first-order valence-corrected chi connectivity index (χ1v) is 8.53. The van der Waals surface area contributed by atoms with Crippen molar-refractivity contribution in [3.8, 4) is 0 Å². The Kier molecular flexibility index (Phi) is 6.46. The summed E-state index contributed by atoms with van der Waals surface area (Å²) in [4.78, 5) is 8.36. The molecule has 0 aliphatic carbocycles. The maximum absolute atomic E-state index is 4.18. The third kappa shape index (κ3) is 5.25. The molecule has 5 rings (SSSR count). The van der Waals surface area contributed by atoms with Crippen molar-refractivity contribution in [3.63, 3.8) is 0 Å². The molecule has 2 heteroatoms. The number of rotatable bonds is 0. The fourth-order valence-electron chi connectivity index (χ4n) is 2.42. The Bertz CT molecular complexity index is 814. The van der Waals surface area contributed by atoms with E-state index in [1.54, 1.807) is 0 Å². The molecule has 0 aliphatic heterocycles. The monoisotopic (exact) mass is 336 g/mol. The first-order valence-electron chi connectivity index (χ1n) is 8.53. The lowest BCUT2D eigenvalue weighted by Crippen LogP contribution is -1.73. The number of para-hydroxylation sites is 2. The summed E-state index contributed by atoms with van der Waals surface area (Å²) < 4.78 is 0. The molecule has 0 N–H and O–H groups in total. The summed E-state index contributed by atoms with van der Waals surface area (Å²) in [5, 5.41) is 2.40. The van der Waals surface area contributed by atoms with Crippen LogP contribution in [0, 0.1) is 0 Å². The van der Waals surface area contributed by atoms with Crippen LogP contribution in [0.5, 0.6) is 0 Å². The van der Waals surface area contributed by atoms with Gasteiger partial charge in [0.1, 0.15) is 0 Å². The quantitative estimate of drug-likeness (QED) is 0.338. The van der Waals surface area contributed by atoms with Gasteiger partial charge in [0.2, 0.25) is 0 Å². The van der Waals surface area contributed by atoms with Gasteiger partial charge in [0.25, 0.3) is 0 Å². The van der Waals surface area contributed by atoms with E-state index < -0.39 is 0 Å². The minimum absolute atomic E-state index is 1.06. The summed E-state index contributed by atoms with van der Waals surface area (Å²) in [5.74, 6) is 0. The van der Waals surface area contributed by atoms with E-state index in [4.69, 9.17) is 0 Å². The Hall–Kier alpha value is -3.52. The highest BCUT2D eigenvalue weighted by Crippen LogP contribution is 2.08. The summed E-state index contributed by atoms with van der Waals surface area (Å²) in [6.07, 6.45) is 3.62. The van der Waals surface area contributed by atoms with Gasteiger partial charge < -0.3 is 0 Å². The summed E-state index contributed by atoms with van der Waals surface area (Å²) in [6.45, 7) is 0. The van der Waals surface area contributed by atoms with Gasteiger partial charge in [-0.15, -0.1) is 0 Å². The Balaban J connectivity index is 0.000000117. The van der Waals surface area contributed by atoms with E-state index in [1.807, 2.05) is 97.3 Å². The molecule has 2 heterocycles. The van der Waals surface area contributed by atoms with Gasteiger partial charge in [0.05, 0.1) is 11.0 Å². The number of nitrogens with zero attached hydrogens (tertiary/aromatic N) is 2. The van der Waals surface area contributed by atoms with Crippen molar-refractivity contribution in [1.82, 2.24) is 9.97 Å². The maximum Gasteiger partial charge on any atom is 0.0701 e. The van der Waals surface area contributed by atoms with Gasteiger partial charge in [-0.05, 0) is 24.3 Å². The van der Waals surface area contributed by atoms with Crippen LogP contribution in [0.4, 0.5) is 0 Å². The van der Waals surface area contributed by atoms with Crippen molar-refractivity contribution in [2.24, 2.45) is 0 Å². The second-order valence-electron chi connectivity index (χ2n) is 5.55. The minimum atomic E-state index is 1.06. The lowest BCUT2D eigenvalue weighted by Gasteiger charge is -1.91. The van der Waals surface area contributed by atoms with Crippen LogP contribution in [-0.2, 0) is 0 Å². The van der Waals surface area contributed by atoms with Crippen LogP contribution < -0.4 is 0 Å². The first kappa shape index (κ1) is 17.3. The highest BCUT2D eigenvalue weighted by atomic mass is 14.6. The van der Waals surface area contributed by atoms with E-state index in [2.05, 4.69) is 34.2 Å². The number of aromatic nitrogens is 2. The second-order valence-corrected chi connectivity index (χ2v) is 5.55. The zero-order chi connectivity index (χ0) is 17.9. The number of hydrogen-bond acceptors (Lipinski definition) is 2. The van der Waals surface area contributed by atoms with E-state index in [9.17, 15) is 0 Å². The van der Waals surface area contributed by atoms with Crippen molar-refractivity contribution >= 4 is 21.8 Å². The van der Waals surface area contributed by atoms with E-state index in [0.29, 0.717) is 0 Å². The first-order chi connectivity index (χ1) is 12.9. The normalized spacial score (nSPS) is 9.54. The molecule has 2 aromatic heterocycles. The average Bonchev–Trinajstić information content (AvgIpc) is 2.76. The van der Waals surface area contributed by atoms with Crippen molar-refractivity contribution in [2.75, 3.05) is 0 Å². The molecule has 0 saturated carbocycles. The highest BCUT2D eigenvalue weighted by Gasteiger charge is 1.87. The van der Waals surface area contributed by atoms with Crippen LogP contribution >= 0.6 is 0 Å². The minimum Gasteiger partial charge on any atom is -0.256 e. The van der Waals surface area contributed by atoms with Crippen LogP contribution in [0.25, 0.3) is 21.8 Å². The molecule has 0 amide bonds. The number of hydrogen-bond donors (Lipinski definition) is 0. The molecule has 26 heavy (non-hydrogen) atoms. The maximum atomic E-state index is 4.18. The molecule has 3 aromatic carbocycles. The lowest BCUT2D eigenvalue weighted by molar-refractivity contribution is 1.41. The molecule has 0 spiro atoms. The largest absolute Gasteiger partial charge is 0.256 e. The lowest BCUT2D eigenvalue weighted by atomic mass is 10.2. The smallest absolute Gasteiger partial charge is 0.0701 e. The molecule has 0 fully saturated rings. The Labute approximate surface area is 153 Å². The molecular formula is C24H20N2. The standard InChI is InChI=1S/2C9H7N.C6H6/c2*1-2-6-9-8(4-1)5-3-7-10-9;1-2-4-6-5-3-1/h2*1-7H;1-6H. The highest BCUT2D eigenvalue weighted by molar-refractivity contribution is 5.78. The van der Waals surface area contributed by atoms with E-state index in [1.165, 1.54) is 10.8 Å². The molecule has 0 radical (unpaired) electrons. The molecular weight excluding hydrogens is 316 g/mol. The third-order valence-corrected chi connectivity index (χ3v) is 3.69. The summed E-state index contributed by atoms with van der Waals surface area (Å²) >= 11 is 0. The number of benzene rings is 3. The molecule has 2 nitrogen and oxygen atoms in total. The number of pyridine rings is 2. The molecule has 126 valence electrons. The second kappa shape index (κ2) is 9.70. The van der Waals surface area contributed by atoms with E-state index >= 15 is 0 Å². The Morgan fingerprint density at radius 3 is 1.08 bits per heavy atom. The topological polar surface area (TPSA) is 25.8 Å². The van der Waals surface area contributed by atoms with Crippen LogP contribution in [0.15, 0.2) is 122 Å². The summed E-state index contributed by atoms with van der Waals surface area (Å²) in [6, 6.07) is 36.2. The van der Waals surface area contributed by atoms with Gasteiger partial charge in [-0.25, -0.2) is 0 Å². The Morgan fingerprint density at radius 1 is 0.346 bits per heavy atom. The molecule has 0 atom stereocenters. The van der Waals surface area contributed by atoms with Crippen LogP contribution in [0.3, 0.4) is 0 Å². The Morgan fingerprint density at radius 2 is 0.692 bits per heavy atom. The summed E-state index contributed by atoms with van der Waals surface area (Å²) in [7, 11) is 0. The van der Waals surface area contributed by atoms with Crippen molar-refractivity contribution < 1.29 is 0 Å². The van der Waals surface area contributed by atoms with Gasteiger partial charge in [-0.2, -0.15) is 0 Å². The van der Waals surface area contributed by atoms with Gasteiger partial charge in [0.15, 0.2) is 0 Å². The molecule has 5 aromatic rings. The van der Waals surface area contributed by atoms with Crippen molar-refractivity contribution in [2.45, 2.75) is 0 Å². The number of fused-ring (bicyclic) bond motifs is 2. The van der Waals surface area contributed by atoms with Gasteiger partial charge in [0, 0.05) is 23.2 Å². The van der Waals surface area contributed by atoms with Crippen LogP contribution in [0.1, 0.15) is 0 Å². The molecule has 0 saturated heterocycles. The van der Waals surface area contributed by atoms with Crippen molar-refractivity contribution in [1.29, 1.82) is 0 Å². The zero-order valence-electron chi connectivity index (χ0n) is 14.4. The molecule has 0 bridgehead atoms. The zero-order valence-corrected chi connectivity index (χ0v) is 14.4. The fourth-order valence-corrected chi connectivity index (χ4v) is 2.42. The van der Waals surface area contributed by atoms with Gasteiger partial charge in [-0.1, -0.05) is 84.9 Å². The van der Waals surface area contributed by atoms with E-state index in [-0.39, 0.29) is 0 Å². The SMILES string of the molecule is c1ccc2ncccc2c1.c1ccc2ncccc2c1.c1ccccc1. The van der Waals surface area contributed by atoms with Crippen LogP contribution in [-0.4, -0.2) is 9.97 Å². The molecule has 0 unspecified atom stereocenters. The molecule has 0 aliphatic rings. The third-order valence-electron chi connectivity index (χ3n) is 3.69. The summed E-state index contributed by atoms with van der Waals surface area (Å²) in [5.41, 5.74) is 2.12. The van der Waals surface area contributed by atoms with Crippen LogP contribution in [0.2, 0.25) is 0 Å². The predicted octanol–water partition coefficient (Wildman–Crippen LogP) is 6.16. The van der Waals surface area contributed by atoms with Crippen molar-refractivity contribution in [3.05, 3.63) is 122 Å². The fraction of sp³-hybridized carbons (Fsp3) is 0.